The number of esters is 1. The molecule has 0 saturated heterocycles. The van der Waals surface area contributed by atoms with E-state index in [2.05, 4.69) is 0 Å². The third-order valence-corrected chi connectivity index (χ3v) is 1.77. The highest BCUT2D eigenvalue weighted by molar-refractivity contribution is 5.81. The molecule has 14 heavy (non-hydrogen) atoms. The molecule has 4 heteroatoms. The highest BCUT2D eigenvalue weighted by Crippen LogP contribution is 1.88. The minimum atomic E-state index is -0.312. The lowest BCUT2D eigenvalue weighted by molar-refractivity contribution is -0.137. The highest BCUT2D eigenvalue weighted by Gasteiger charge is 1.98. The van der Waals surface area contributed by atoms with Gasteiger partial charge in [0, 0.05) is 19.2 Å². The molecule has 0 rings (SSSR count). The molecule has 0 aromatic rings. The van der Waals surface area contributed by atoms with Crippen LogP contribution in [0.4, 0.5) is 0 Å². The van der Waals surface area contributed by atoms with E-state index in [0.29, 0.717) is 19.7 Å². The second-order valence-electron chi connectivity index (χ2n) is 2.77. The molecule has 0 aliphatic carbocycles. The van der Waals surface area contributed by atoms with E-state index in [9.17, 15) is 4.79 Å². The van der Waals surface area contributed by atoms with Crippen LogP contribution in [0.5, 0.6) is 0 Å². The summed E-state index contributed by atoms with van der Waals surface area (Å²) in [5, 5.41) is 8.70. The van der Waals surface area contributed by atoms with Crippen LogP contribution in [0.25, 0.3) is 0 Å². The van der Waals surface area contributed by atoms with Crippen LogP contribution in [0.15, 0.2) is 12.2 Å². The van der Waals surface area contributed by atoms with E-state index >= 15 is 0 Å². The quantitative estimate of drug-likeness (QED) is 0.479. The van der Waals surface area contributed by atoms with E-state index in [0.717, 1.165) is 6.54 Å². The van der Waals surface area contributed by atoms with Crippen molar-refractivity contribution < 1.29 is 14.6 Å². The molecule has 0 aromatic carbocycles. The summed E-state index contributed by atoms with van der Waals surface area (Å²) in [7, 11) is 0. The summed E-state index contributed by atoms with van der Waals surface area (Å²) in [5.74, 6) is -0.312. The fourth-order valence-electron chi connectivity index (χ4n) is 1.01. The van der Waals surface area contributed by atoms with Gasteiger partial charge in [-0.1, -0.05) is 13.0 Å². The lowest BCUT2D eigenvalue weighted by Crippen LogP contribution is -2.26. The number of hydrogen-bond donors (Lipinski definition) is 1. The number of aliphatic hydroxyl groups is 1. The molecule has 0 aliphatic heterocycles. The molecule has 0 bridgehead atoms. The largest absolute Gasteiger partial charge is 0.463 e. The SMILES string of the molecule is CCOC(=O)/C=C/CN(CC)CCO. The first-order valence-electron chi connectivity index (χ1n) is 4.91. The maximum absolute atomic E-state index is 10.9. The van der Waals surface area contributed by atoms with Crippen LogP contribution in [0.3, 0.4) is 0 Å². The van der Waals surface area contributed by atoms with Crippen molar-refractivity contribution in [2.24, 2.45) is 0 Å². The molecule has 0 radical (unpaired) electrons. The molecular formula is C10H19NO3. The van der Waals surface area contributed by atoms with Crippen molar-refractivity contribution in [2.45, 2.75) is 13.8 Å². The molecule has 0 aromatic heterocycles. The van der Waals surface area contributed by atoms with E-state index in [1.165, 1.54) is 6.08 Å². The first-order valence-corrected chi connectivity index (χ1v) is 4.91. The molecule has 0 unspecified atom stereocenters. The van der Waals surface area contributed by atoms with Crippen molar-refractivity contribution >= 4 is 5.97 Å². The van der Waals surface area contributed by atoms with Gasteiger partial charge in [0.15, 0.2) is 0 Å². The number of carbonyl (C=O) groups is 1. The van der Waals surface area contributed by atoms with Crippen LogP contribution in [-0.4, -0.2) is 48.8 Å². The zero-order chi connectivity index (χ0) is 10.8. The summed E-state index contributed by atoms with van der Waals surface area (Å²) in [6.07, 6.45) is 3.17. The van der Waals surface area contributed by atoms with Crippen LogP contribution in [-0.2, 0) is 9.53 Å². The Balaban J connectivity index is 3.71. The van der Waals surface area contributed by atoms with Crippen molar-refractivity contribution in [3.05, 3.63) is 12.2 Å². The average Bonchev–Trinajstić information content (AvgIpc) is 2.17. The Hall–Kier alpha value is -0.870. The van der Waals surface area contributed by atoms with Crippen LogP contribution >= 0.6 is 0 Å². The van der Waals surface area contributed by atoms with E-state index in [-0.39, 0.29) is 12.6 Å². The van der Waals surface area contributed by atoms with Gasteiger partial charge in [0.05, 0.1) is 13.2 Å². The van der Waals surface area contributed by atoms with Crippen LogP contribution in [0.1, 0.15) is 13.8 Å². The Morgan fingerprint density at radius 1 is 1.50 bits per heavy atom. The van der Waals surface area contributed by atoms with E-state index in [4.69, 9.17) is 9.84 Å². The first kappa shape index (κ1) is 13.1. The monoisotopic (exact) mass is 201 g/mol. The van der Waals surface area contributed by atoms with Crippen molar-refractivity contribution in [1.82, 2.24) is 4.90 Å². The zero-order valence-corrected chi connectivity index (χ0v) is 8.90. The van der Waals surface area contributed by atoms with Crippen LogP contribution < -0.4 is 0 Å². The molecule has 0 atom stereocenters. The Labute approximate surface area is 85.2 Å². The zero-order valence-electron chi connectivity index (χ0n) is 8.90. The second-order valence-corrected chi connectivity index (χ2v) is 2.77. The molecule has 0 amide bonds. The van der Waals surface area contributed by atoms with E-state index in [1.807, 2.05) is 11.8 Å². The molecule has 0 saturated carbocycles. The van der Waals surface area contributed by atoms with E-state index in [1.54, 1.807) is 13.0 Å². The van der Waals surface area contributed by atoms with Gasteiger partial charge < -0.3 is 9.84 Å². The second kappa shape index (κ2) is 8.72. The summed E-state index contributed by atoms with van der Waals surface area (Å²) in [6, 6.07) is 0. The fourth-order valence-corrected chi connectivity index (χ4v) is 1.01. The van der Waals surface area contributed by atoms with Crippen molar-refractivity contribution in [2.75, 3.05) is 32.8 Å². The number of rotatable bonds is 7. The van der Waals surface area contributed by atoms with Gasteiger partial charge in [-0.05, 0) is 13.5 Å². The third kappa shape index (κ3) is 6.62. The highest BCUT2D eigenvalue weighted by atomic mass is 16.5. The van der Waals surface area contributed by atoms with Crippen molar-refractivity contribution in [1.29, 1.82) is 0 Å². The maximum Gasteiger partial charge on any atom is 0.330 e. The number of carbonyl (C=O) groups excluding carboxylic acids is 1. The van der Waals surface area contributed by atoms with Crippen molar-refractivity contribution in [3.63, 3.8) is 0 Å². The summed E-state index contributed by atoms with van der Waals surface area (Å²) in [4.78, 5) is 12.9. The summed E-state index contributed by atoms with van der Waals surface area (Å²) in [6.45, 7) is 6.47. The Morgan fingerprint density at radius 2 is 2.21 bits per heavy atom. The standard InChI is InChI=1S/C10H19NO3/c1-3-11(8-9-12)7-5-6-10(13)14-4-2/h5-6,12H,3-4,7-9H2,1-2H3/b6-5+. The first-order chi connectivity index (χ1) is 6.74. The van der Waals surface area contributed by atoms with Gasteiger partial charge in [-0.2, -0.15) is 0 Å². The van der Waals surface area contributed by atoms with Crippen molar-refractivity contribution in [3.8, 4) is 0 Å². The van der Waals surface area contributed by atoms with Gasteiger partial charge in [0.1, 0.15) is 0 Å². The van der Waals surface area contributed by atoms with Gasteiger partial charge in [-0.3, -0.25) is 4.90 Å². The molecule has 0 spiro atoms. The normalized spacial score (nSPS) is 11.1. The Morgan fingerprint density at radius 3 is 2.71 bits per heavy atom. The van der Waals surface area contributed by atoms with Crippen LogP contribution in [0, 0.1) is 0 Å². The lowest BCUT2D eigenvalue weighted by atomic mass is 10.4. The third-order valence-electron chi connectivity index (χ3n) is 1.77. The molecule has 0 aliphatic rings. The predicted molar refractivity (Wildman–Crippen MR) is 55.0 cm³/mol. The lowest BCUT2D eigenvalue weighted by Gasteiger charge is -2.16. The number of hydrogen-bond acceptors (Lipinski definition) is 4. The Bertz CT molecular complexity index is 180. The predicted octanol–water partition coefficient (Wildman–Crippen LogP) is 0.420. The van der Waals surface area contributed by atoms with Gasteiger partial charge in [-0.25, -0.2) is 4.79 Å². The van der Waals surface area contributed by atoms with E-state index < -0.39 is 0 Å². The Kier molecular flexibility index (Phi) is 8.17. The molecular weight excluding hydrogens is 182 g/mol. The molecule has 82 valence electrons. The summed E-state index contributed by atoms with van der Waals surface area (Å²) in [5.41, 5.74) is 0. The van der Waals surface area contributed by atoms with Crippen LogP contribution in [0.2, 0.25) is 0 Å². The van der Waals surface area contributed by atoms with Gasteiger partial charge >= 0.3 is 5.97 Å². The number of aliphatic hydroxyl groups excluding tert-OH is 1. The fraction of sp³-hybridized carbons (Fsp3) is 0.700. The summed E-state index contributed by atoms with van der Waals surface area (Å²) >= 11 is 0. The van der Waals surface area contributed by atoms with Gasteiger partial charge in [-0.15, -0.1) is 0 Å². The molecule has 1 N–H and O–H groups in total. The number of likely N-dealkylation sites (N-methyl/N-ethyl adjacent to an activating group) is 1. The topological polar surface area (TPSA) is 49.8 Å². The molecule has 0 fully saturated rings. The minimum absolute atomic E-state index is 0.140. The summed E-state index contributed by atoms with van der Waals surface area (Å²) < 4.78 is 4.72. The minimum Gasteiger partial charge on any atom is -0.463 e. The molecule has 4 nitrogen and oxygen atoms in total. The number of nitrogens with zero attached hydrogens (tertiary/aromatic N) is 1. The average molecular weight is 201 g/mol. The van der Waals surface area contributed by atoms with Gasteiger partial charge in [0.25, 0.3) is 0 Å². The maximum atomic E-state index is 10.9. The smallest absolute Gasteiger partial charge is 0.330 e. The van der Waals surface area contributed by atoms with Gasteiger partial charge in [0.2, 0.25) is 0 Å². The molecule has 0 heterocycles. The number of ether oxygens (including phenoxy) is 1.